The summed E-state index contributed by atoms with van der Waals surface area (Å²) in [6.07, 6.45) is -0.316. The van der Waals surface area contributed by atoms with Gasteiger partial charge in [0.25, 0.3) is 0 Å². The Morgan fingerprint density at radius 1 is 1.30 bits per heavy atom. The van der Waals surface area contributed by atoms with Crippen molar-refractivity contribution in [2.24, 2.45) is 0 Å². The summed E-state index contributed by atoms with van der Waals surface area (Å²) in [6, 6.07) is 3.98. The van der Waals surface area contributed by atoms with Crippen LogP contribution in [0.1, 0.15) is 32.6 Å². The third kappa shape index (κ3) is 3.16. The highest BCUT2D eigenvalue weighted by molar-refractivity contribution is 7.22. The predicted octanol–water partition coefficient (Wildman–Crippen LogP) is 1.86. The van der Waals surface area contributed by atoms with E-state index in [0.29, 0.717) is 13.0 Å². The summed E-state index contributed by atoms with van der Waals surface area (Å²) in [7, 11) is -0.341. The number of thiophene rings is 1. The van der Waals surface area contributed by atoms with Crippen LogP contribution in [-0.2, 0) is 15.7 Å². The van der Waals surface area contributed by atoms with Gasteiger partial charge in [-0.05, 0) is 40.2 Å². The molecule has 0 unspecified atom stereocenters. The third-order valence-corrected chi connectivity index (χ3v) is 4.98. The minimum absolute atomic E-state index is 0.341. The van der Waals surface area contributed by atoms with E-state index in [1.165, 1.54) is 0 Å². The molecule has 1 aromatic heterocycles. The molecule has 7 heteroatoms. The molecule has 0 bridgehead atoms. The first-order valence-corrected chi connectivity index (χ1v) is 7.44. The first kappa shape index (κ1) is 15.3. The van der Waals surface area contributed by atoms with Gasteiger partial charge in [0.2, 0.25) is 0 Å². The molecule has 1 aromatic rings. The van der Waals surface area contributed by atoms with Crippen LogP contribution in [0.3, 0.4) is 0 Å². The maximum atomic E-state index is 10.4. The Hall–Kier alpha value is -1.05. The second-order valence-corrected chi connectivity index (χ2v) is 7.07. The monoisotopic (exact) mass is 297 g/mol. The molecule has 0 spiro atoms. The van der Waals surface area contributed by atoms with Gasteiger partial charge in [0.05, 0.1) is 11.2 Å². The zero-order valence-electron chi connectivity index (χ0n) is 12.2. The number of rotatable bonds is 4. The van der Waals surface area contributed by atoms with Crippen LogP contribution in [0, 0.1) is 0 Å². The molecule has 20 heavy (non-hydrogen) atoms. The SMILES string of the molecule is CC1(C)OB(c2ccc(CCNC(=O)O)s2)OC1(C)C. The zero-order valence-corrected chi connectivity index (χ0v) is 13.0. The molecule has 1 aliphatic heterocycles. The second kappa shape index (κ2) is 5.39. The Morgan fingerprint density at radius 3 is 2.45 bits per heavy atom. The van der Waals surface area contributed by atoms with Gasteiger partial charge in [-0.2, -0.15) is 0 Å². The van der Waals surface area contributed by atoms with Crippen molar-refractivity contribution in [2.75, 3.05) is 6.54 Å². The molecular formula is C13H20BNO4S. The largest absolute Gasteiger partial charge is 0.505 e. The Balaban J connectivity index is 1.98. The molecule has 0 atom stereocenters. The number of hydrogen-bond donors (Lipinski definition) is 2. The summed E-state index contributed by atoms with van der Waals surface area (Å²) in [5, 5.41) is 10.9. The quantitative estimate of drug-likeness (QED) is 0.832. The molecule has 0 radical (unpaired) electrons. The van der Waals surface area contributed by atoms with Crippen molar-refractivity contribution in [1.82, 2.24) is 5.32 Å². The van der Waals surface area contributed by atoms with Crippen LogP contribution in [0.2, 0.25) is 0 Å². The van der Waals surface area contributed by atoms with Crippen LogP contribution in [0.5, 0.6) is 0 Å². The molecular weight excluding hydrogens is 277 g/mol. The van der Waals surface area contributed by atoms with Crippen LogP contribution in [0.4, 0.5) is 4.79 Å². The van der Waals surface area contributed by atoms with Gasteiger partial charge in [0.15, 0.2) is 0 Å². The lowest BCUT2D eigenvalue weighted by Crippen LogP contribution is -2.41. The van der Waals surface area contributed by atoms with Crippen molar-refractivity contribution in [3.63, 3.8) is 0 Å². The van der Waals surface area contributed by atoms with E-state index >= 15 is 0 Å². The van der Waals surface area contributed by atoms with Gasteiger partial charge in [-0.1, -0.05) is 6.07 Å². The van der Waals surface area contributed by atoms with Gasteiger partial charge in [-0.25, -0.2) is 4.79 Å². The number of carboxylic acid groups (broad SMARTS) is 1. The standard InChI is InChI=1S/C13H20BNO4S/c1-12(2)13(3,4)19-14(18-12)10-6-5-9(20-10)7-8-15-11(16)17/h5-6,15H,7-8H2,1-4H3,(H,16,17). The summed E-state index contributed by atoms with van der Waals surface area (Å²) in [5.41, 5.74) is -0.681. The Kier molecular flexibility index (Phi) is 4.13. The molecule has 0 saturated carbocycles. The van der Waals surface area contributed by atoms with E-state index in [4.69, 9.17) is 14.4 Å². The normalized spacial score (nSPS) is 20.1. The Morgan fingerprint density at radius 2 is 1.90 bits per heavy atom. The molecule has 2 N–H and O–H groups in total. The number of amides is 1. The van der Waals surface area contributed by atoms with Crippen LogP contribution in [0.25, 0.3) is 0 Å². The minimum atomic E-state index is -0.993. The van der Waals surface area contributed by atoms with E-state index in [-0.39, 0.29) is 18.3 Å². The fourth-order valence-corrected chi connectivity index (χ4v) is 2.88. The molecule has 0 aromatic carbocycles. The van der Waals surface area contributed by atoms with Gasteiger partial charge < -0.3 is 19.7 Å². The van der Waals surface area contributed by atoms with Crippen molar-refractivity contribution in [1.29, 1.82) is 0 Å². The van der Waals surface area contributed by atoms with E-state index in [9.17, 15) is 4.79 Å². The lowest BCUT2D eigenvalue weighted by Gasteiger charge is -2.32. The van der Waals surface area contributed by atoms with Crippen LogP contribution in [-0.4, -0.2) is 36.1 Å². The molecule has 0 aliphatic carbocycles. The third-order valence-electron chi connectivity index (χ3n) is 3.82. The molecule has 5 nitrogen and oxygen atoms in total. The van der Waals surface area contributed by atoms with Gasteiger partial charge in [0, 0.05) is 16.2 Å². The smallest absolute Gasteiger partial charge is 0.465 e. The molecule has 1 fully saturated rings. The van der Waals surface area contributed by atoms with Crippen LogP contribution >= 0.6 is 11.3 Å². The molecule has 1 aliphatic rings. The van der Waals surface area contributed by atoms with Crippen LogP contribution < -0.4 is 10.1 Å². The minimum Gasteiger partial charge on any atom is -0.465 e. The Labute approximate surface area is 123 Å². The maximum Gasteiger partial charge on any atom is 0.505 e. The van der Waals surface area contributed by atoms with Gasteiger partial charge in [0.1, 0.15) is 0 Å². The number of nitrogens with one attached hydrogen (secondary N) is 1. The van der Waals surface area contributed by atoms with E-state index in [1.54, 1.807) is 11.3 Å². The Bertz CT molecular complexity index is 484. The fourth-order valence-electron chi connectivity index (χ4n) is 1.91. The van der Waals surface area contributed by atoms with Crippen molar-refractivity contribution < 1.29 is 19.2 Å². The fraction of sp³-hybridized carbons (Fsp3) is 0.615. The number of carbonyl (C=O) groups is 1. The summed E-state index contributed by atoms with van der Waals surface area (Å²) in [5.74, 6) is 0. The predicted molar refractivity (Wildman–Crippen MR) is 79.8 cm³/mol. The first-order valence-electron chi connectivity index (χ1n) is 6.62. The topological polar surface area (TPSA) is 67.8 Å². The number of hydrogen-bond acceptors (Lipinski definition) is 4. The summed E-state index contributed by atoms with van der Waals surface area (Å²) in [6.45, 7) is 8.52. The average molecular weight is 297 g/mol. The molecule has 2 heterocycles. The van der Waals surface area contributed by atoms with Crippen LogP contribution in [0.15, 0.2) is 12.1 Å². The van der Waals surface area contributed by atoms with E-state index < -0.39 is 6.09 Å². The highest BCUT2D eigenvalue weighted by Gasteiger charge is 2.52. The van der Waals surface area contributed by atoms with Gasteiger partial charge >= 0.3 is 13.2 Å². The van der Waals surface area contributed by atoms with Crippen molar-refractivity contribution in [3.8, 4) is 0 Å². The van der Waals surface area contributed by atoms with Gasteiger partial charge in [-0.15, -0.1) is 11.3 Å². The first-order chi connectivity index (χ1) is 9.21. The van der Waals surface area contributed by atoms with Gasteiger partial charge in [-0.3, -0.25) is 0 Å². The van der Waals surface area contributed by atoms with Crippen molar-refractivity contribution in [3.05, 3.63) is 17.0 Å². The van der Waals surface area contributed by atoms with E-state index in [2.05, 4.69) is 5.32 Å². The highest BCUT2D eigenvalue weighted by Crippen LogP contribution is 2.36. The lowest BCUT2D eigenvalue weighted by molar-refractivity contribution is 0.00578. The molecule has 110 valence electrons. The summed E-state index contributed by atoms with van der Waals surface area (Å²) in [4.78, 5) is 11.5. The zero-order chi connectivity index (χ0) is 15.0. The average Bonchev–Trinajstić information content (AvgIpc) is 2.82. The van der Waals surface area contributed by atoms with Crippen molar-refractivity contribution >= 4 is 29.3 Å². The second-order valence-electron chi connectivity index (χ2n) is 5.87. The molecule has 1 amide bonds. The summed E-state index contributed by atoms with van der Waals surface area (Å²) < 4.78 is 13.0. The van der Waals surface area contributed by atoms with E-state index in [1.807, 2.05) is 39.8 Å². The molecule has 1 saturated heterocycles. The lowest BCUT2D eigenvalue weighted by atomic mass is 9.88. The van der Waals surface area contributed by atoms with E-state index in [0.717, 1.165) is 9.65 Å². The summed E-state index contributed by atoms with van der Waals surface area (Å²) >= 11 is 1.60. The van der Waals surface area contributed by atoms with Crippen molar-refractivity contribution in [2.45, 2.75) is 45.3 Å². The highest BCUT2D eigenvalue weighted by atomic mass is 32.1. The maximum absolute atomic E-state index is 10.4. The molecule has 2 rings (SSSR count).